The summed E-state index contributed by atoms with van der Waals surface area (Å²) in [4.78, 5) is 4.87. The third kappa shape index (κ3) is 5.76. The van der Waals surface area contributed by atoms with Crippen LogP contribution in [0.15, 0.2) is 146 Å². The van der Waals surface area contributed by atoms with Crippen LogP contribution in [0.4, 0.5) is 5.69 Å². The van der Waals surface area contributed by atoms with E-state index in [1.165, 1.54) is 11.1 Å². The summed E-state index contributed by atoms with van der Waals surface area (Å²) in [5.41, 5.74) is 23.7. The highest BCUT2D eigenvalue weighted by molar-refractivity contribution is 6.15. The van der Waals surface area contributed by atoms with Crippen molar-refractivity contribution in [1.82, 2.24) is 13.7 Å². The number of nitriles is 1. The molecule has 3 aromatic heterocycles. The van der Waals surface area contributed by atoms with E-state index in [1.54, 1.807) is 0 Å². The van der Waals surface area contributed by atoms with Crippen LogP contribution in [0, 0.1) is 73.3 Å². The molecule has 0 radical (unpaired) electrons. The van der Waals surface area contributed by atoms with E-state index >= 15 is 0 Å². The summed E-state index contributed by atoms with van der Waals surface area (Å²) in [5, 5.41) is 19.3. The minimum Gasteiger partial charge on any atom is -0.319 e. The van der Waals surface area contributed by atoms with Gasteiger partial charge >= 0.3 is 0 Å². The number of aryl methyl sites for hydroxylation is 8. The van der Waals surface area contributed by atoms with Crippen molar-refractivity contribution in [2.24, 2.45) is 0 Å². The zero-order valence-electron chi connectivity index (χ0n) is 40.7. The number of fused-ring (bicyclic) bond motifs is 12. The normalized spacial score (nSPS) is 12.5. The average Bonchev–Trinajstić information content (AvgIpc) is 4.03. The second-order valence-corrected chi connectivity index (χ2v) is 20.2. The topological polar surface area (TPSA) is 42.9 Å². The maximum Gasteiger partial charge on any atom is 0.236 e. The molecule has 0 spiro atoms. The first-order valence-electron chi connectivity index (χ1n) is 24.2. The summed E-state index contributed by atoms with van der Waals surface area (Å²) in [6.07, 6.45) is 0. The minimum atomic E-state index is -0.395. The molecule has 3 heterocycles. The molecular weight excluding hydrogens is 851 g/mol. The van der Waals surface area contributed by atoms with Gasteiger partial charge in [0.05, 0.1) is 62.3 Å². The number of hydrogen-bond donors (Lipinski definition) is 0. The van der Waals surface area contributed by atoms with Gasteiger partial charge in [0.2, 0.25) is 5.69 Å². The van der Waals surface area contributed by atoms with Crippen LogP contribution in [0.2, 0.25) is 0 Å². The summed E-state index contributed by atoms with van der Waals surface area (Å²) in [7, 11) is 0. The van der Waals surface area contributed by atoms with Crippen LogP contribution in [-0.2, 0) is 0 Å². The summed E-state index contributed by atoms with van der Waals surface area (Å²) in [6.45, 7) is 27.0. The predicted molar refractivity (Wildman–Crippen MR) is 291 cm³/mol. The molecule has 0 aliphatic heterocycles. The predicted octanol–water partition coefficient (Wildman–Crippen LogP) is 17.0. The van der Waals surface area contributed by atoms with E-state index in [0.29, 0.717) is 22.6 Å². The molecule has 5 heteroatoms. The van der Waals surface area contributed by atoms with Gasteiger partial charge in [-0.2, -0.15) is 5.26 Å². The number of nitrogens with zero attached hydrogens (tertiary/aromatic N) is 5. The number of rotatable bonds is 4. The summed E-state index contributed by atoms with van der Waals surface area (Å²) in [5.74, 6) is -0.395. The average molecular weight is 900 g/mol. The molecular formula is C65H49N5. The smallest absolute Gasteiger partial charge is 0.236 e. The Kier molecular flexibility index (Phi) is 8.86. The van der Waals surface area contributed by atoms with E-state index in [0.717, 1.165) is 132 Å². The molecule has 334 valence electrons. The summed E-state index contributed by atoms with van der Waals surface area (Å²) in [6, 6.07) is 56.4. The molecule has 0 amide bonds. The largest absolute Gasteiger partial charge is 0.319 e. The Morgan fingerprint density at radius 2 is 0.671 bits per heavy atom. The number of aromatic nitrogens is 3. The first-order valence-corrected chi connectivity index (χ1v) is 24.2. The lowest BCUT2D eigenvalue weighted by Crippen LogP contribution is -2.16. The fraction of sp³-hybridized carbons (Fsp3) is 0.138. The molecule has 0 unspecified atom stereocenters. The lowest BCUT2D eigenvalue weighted by Gasteiger charge is -2.29. The highest BCUT2D eigenvalue weighted by Gasteiger charge is 2.40. The van der Waals surface area contributed by atoms with E-state index in [-0.39, 0.29) is 0 Å². The van der Waals surface area contributed by atoms with Crippen LogP contribution in [0.25, 0.3) is 98.5 Å². The van der Waals surface area contributed by atoms with Gasteiger partial charge in [0, 0.05) is 38.2 Å². The van der Waals surface area contributed by atoms with Crippen molar-refractivity contribution < 1.29 is 0 Å². The molecule has 0 saturated carbocycles. The third-order valence-electron chi connectivity index (χ3n) is 15.2. The van der Waals surface area contributed by atoms with Gasteiger partial charge in [-0.1, -0.05) is 117 Å². The Labute approximate surface area is 407 Å². The Morgan fingerprint density at radius 1 is 0.386 bits per heavy atom. The fourth-order valence-corrected chi connectivity index (χ4v) is 12.1. The second kappa shape index (κ2) is 14.9. The summed E-state index contributed by atoms with van der Waals surface area (Å²) >= 11 is 0. The van der Waals surface area contributed by atoms with Gasteiger partial charge < -0.3 is 13.7 Å². The molecule has 0 fully saturated rings. The molecule has 0 saturated heterocycles. The van der Waals surface area contributed by atoms with Crippen molar-refractivity contribution in [3.05, 3.63) is 224 Å². The van der Waals surface area contributed by atoms with E-state index in [9.17, 15) is 11.8 Å². The van der Waals surface area contributed by atoms with Crippen molar-refractivity contribution in [3.8, 4) is 34.3 Å². The molecule has 1 aliphatic rings. The van der Waals surface area contributed by atoms with Crippen LogP contribution < -0.4 is 0 Å². The molecule has 0 N–H and O–H groups in total. The molecule has 13 rings (SSSR count). The second-order valence-electron chi connectivity index (χ2n) is 20.2. The van der Waals surface area contributed by atoms with Gasteiger partial charge in [-0.15, -0.1) is 0 Å². The van der Waals surface area contributed by atoms with Crippen LogP contribution in [0.3, 0.4) is 0 Å². The van der Waals surface area contributed by atoms with Crippen molar-refractivity contribution in [1.29, 1.82) is 5.26 Å². The molecule has 12 aromatic rings. The quantitative estimate of drug-likeness (QED) is 0.162. The third-order valence-corrected chi connectivity index (χ3v) is 15.2. The maximum atomic E-state index is 12.6. The van der Waals surface area contributed by atoms with E-state index in [1.807, 2.05) is 0 Å². The van der Waals surface area contributed by atoms with Crippen LogP contribution >= 0.6 is 0 Å². The van der Waals surface area contributed by atoms with Crippen LogP contribution in [-0.4, -0.2) is 13.7 Å². The van der Waals surface area contributed by atoms with Crippen molar-refractivity contribution in [3.63, 3.8) is 0 Å². The van der Waals surface area contributed by atoms with E-state index in [4.69, 9.17) is 4.85 Å². The highest BCUT2D eigenvalue weighted by atomic mass is 15.1. The number of hydrogen-bond acceptors (Lipinski definition) is 1. The highest BCUT2D eigenvalue weighted by Crippen LogP contribution is 2.57. The lowest BCUT2D eigenvalue weighted by atomic mass is 9.83. The molecule has 9 aromatic carbocycles. The zero-order valence-corrected chi connectivity index (χ0v) is 40.7. The molecule has 5 nitrogen and oxygen atoms in total. The van der Waals surface area contributed by atoms with Crippen molar-refractivity contribution in [2.75, 3.05) is 0 Å². The van der Waals surface area contributed by atoms with E-state index < -0.39 is 5.92 Å². The minimum absolute atomic E-state index is 0.395. The Bertz CT molecular complexity index is 4190. The molecule has 0 atom stereocenters. The van der Waals surface area contributed by atoms with Crippen LogP contribution in [0.1, 0.15) is 72.7 Å². The number of benzene rings is 9. The molecule has 1 aliphatic carbocycles. The lowest BCUT2D eigenvalue weighted by molar-refractivity contribution is 0.961. The van der Waals surface area contributed by atoms with Crippen molar-refractivity contribution >= 4 is 71.1 Å². The van der Waals surface area contributed by atoms with Gasteiger partial charge in [0.25, 0.3) is 0 Å². The van der Waals surface area contributed by atoms with Crippen LogP contribution in [0.5, 0.6) is 0 Å². The van der Waals surface area contributed by atoms with Gasteiger partial charge in [-0.05, 0) is 156 Å². The molecule has 70 heavy (non-hydrogen) atoms. The SMILES string of the molecule is [C-]#[N+]c1c(-n2c3ccc(C)cc3c3cc(C)ccc32)c(C2c3ccc(C)cc3-c3cc(C)ccc32)c(C#N)c(-n2c3ccc(C)cc3c3cc(C)ccc32)c1-n1c2ccc(C)cc2c2cc(C)ccc21. The summed E-state index contributed by atoms with van der Waals surface area (Å²) < 4.78 is 6.96. The first kappa shape index (κ1) is 41.5. The Morgan fingerprint density at radius 3 is 0.986 bits per heavy atom. The van der Waals surface area contributed by atoms with Gasteiger partial charge in [-0.3, -0.25) is 0 Å². The van der Waals surface area contributed by atoms with Gasteiger partial charge in [0.15, 0.2) is 0 Å². The molecule has 0 bridgehead atoms. The zero-order chi connectivity index (χ0) is 48.0. The maximum absolute atomic E-state index is 12.6. The Hall–Kier alpha value is -8.64. The van der Waals surface area contributed by atoms with Gasteiger partial charge in [-0.25, -0.2) is 4.85 Å². The van der Waals surface area contributed by atoms with Crippen molar-refractivity contribution in [2.45, 2.75) is 61.3 Å². The standard InChI is InChI=1S/C65H49N5/c1-35-10-18-43-45(26-35)46-27-36(2)11-19-44(46)60(43)61-53(34-66)63(68-54-20-12-37(3)28-47(54)48-29-38(4)13-21-55(48)68)65(70-58-24-16-41(7)32-51(58)52-33-42(8)17-25-59(52)70)62(67-9)64(61)69-56-22-14-39(5)30-49(56)50-31-40(6)15-23-57(50)69/h10-33,60H,1-8H3. The first-order chi connectivity index (χ1) is 33.9. The monoisotopic (exact) mass is 899 g/mol. The van der Waals surface area contributed by atoms with E-state index in [2.05, 4.69) is 221 Å². The van der Waals surface area contributed by atoms with Gasteiger partial charge in [0.1, 0.15) is 6.07 Å². The Balaban J connectivity index is 1.36. The fourth-order valence-electron chi connectivity index (χ4n) is 12.1.